The highest BCUT2D eigenvalue weighted by Gasteiger charge is 2.01. The molecule has 0 saturated heterocycles. The molecule has 1 aromatic carbocycles. The summed E-state index contributed by atoms with van der Waals surface area (Å²) in [4.78, 5) is 14.7. The van der Waals surface area contributed by atoms with Gasteiger partial charge in [-0.05, 0) is 43.7 Å². The largest absolute Gasteiger partial charge is 0.329 e. The number of hydrogen-bond donors (Lipinski definition) is 1. The summed E-state index contributed by atoms with van der Waals surface area (Å²) < 4.78 is 0. The van der Waals surface area contributed by atoms with Crippen LogP contribution in [0.15, 0.2) is 24.3 Å². The fourth-order valence-electron chi connectivity index (χ4n) is 1.72. The second-order valence-corrected chi connectivity index (χ2v) is 3.57. The average molecular weight is 200 g/mol. The van der Waals surface area contributed by atoms with E-state index in [0.717, 1.165) is 22.3 Å². The number of fused-ring (bicyclic) bond motifs is 1. The third-order valence-electron chi connectivity index (χ3n) is 2.37. The zero-order chi connectivity index (χ0) is 10.8. The van der Waals surface area contributed by atoms with Crippen LogP contribution in [0.25, 0.3) is 10.9 Å². The number of hydrogen-bond acceptors (Lipinski definition) is 2. The minimum atomic E-state index is 0.679. The summed E-state index contributed by atoms with van der Waals surface area (Å²) in [5, 5.41) is 3.71. The van der Waals surface area contributed by atoms with Crippen LogP contribution >= 0.6 is 0 Å². The number of amides is 1. The Hall–Kier alpha value is -1.90. The third-order valence-corrected chi connectivity index (χ3v) is 2.37. The van der Waals surface area contributed by atoms with Crippen LogP contribution in [-0.4, -0.2) is 11.4 Å². The summed E-state index contributed by atoms with van der Waals surface area (Å²) in [6.07, 6.45) is 0.679. The van der Waals surface area contributed by atoms with E-state index in [1.807, 2.05) is 38.1 Å². The molecule has 0 radical (unpaired) electrons. The van der Waals surface area contributed by atoms with Gasteiger partial charge in [0.15, 0.2) is 0 Å². The van der Waals surface area contributed by atoms with Crippen LogP contribution in [0.1, 0.15) is 11.3 Å². The summed E-state index contributed by atoms with van der Waals surface area (Å²) in [7, 11) is 0. The van der Waals surface area contributed by atoms with Crippen molar-refractivity contribution in [3.63, 3.8) is 0 Å². The predicted octanol–water partition coefficient (Wildman–Crippen LogP) is 2.42. The first-order valence-corrected chi connectivity index (χ1v) is 4.79. The van der Waals surface area contributed by atoms with Gasteiger partial charge < -0.3 is 5.32 Å². The minimum absolute atomic E-state index is 0.679. The van der Waals surface area contributed by atoms with Gasteiger partial charge >= 0.3 is 0 Å². The molecular weight excluding hydrogens is 188 g/mol. The monoisotopic (exact) mass is 200 g/mol. The zero-order valence-electron chi connectivity index (χ0n) is 8.74. The van der Waals surface area contributed by atoms with Gasteiger partial charge in [0.05, 0.1) is 5.52 Å². The van der Waals surface area contributed by atoms with Crippen molar-refractivity contribution in [2.75, 3.05) is 5.32 Å². The van der Waals surface area contributed by atoms with Gasteiger partial charge in [-0.25, -0.2) is 0 Å². The fraction of sp³-hybridized carbons (Fsp3) is 0.167. The lowest BCUT2D eigenvalue weighted by molar-refractivity contribution is -0.105. The van der Waals surface area contributed by atoms with Gasteiger partial charge in [0, 0.05) is 16.8 Å². The predicted molar refractivity (Wildman–Crippen MR) is 60.9 cm³/mol. The van der Waals surface area contributed by atoms with E-state index in [1.165, 1.54) is 5.56 Å². The lowest BCUT2D eigenvalue weighted by atomic mass is 10.1. The first-order valence-electron chi connectivity index (χ1n) is 4.79. The van der Waals surface area contributed by atoms with Gasteiger partial charge in [-0.3, -0.25) is 9.78 Å². The Bertz CT molecular complexity index is 520. The maximum Gasteiger partial charge on any atom is 0.211 e. The highest BCUT2D eigenvalue weighted by Crippen LogP contribution is 2.21. The van der Waals surface area contributed by atoms with Crippen molar-refractivity contribution in [1.82, 2.24) is 4.98 Å². The number of aryl methyl sites for hydroxylation is 2. The molecule has 76 valence electrons. The molecule has 0 bridgehead atoms. The van der Waals surface area contributed by atoms with Gasteiger partial charge in [-0.1, -0.05) is 0 Å². The Morgan fingerprint density at radius 3 is 2.80 bits per heavy atom. The van der Waals surface area contributed by atoms with Crippen LogP contribution in [0.5, 0.6) is 0 Å². The van der Waals surface area contributed by atoms with Crippen LogP contribution in [-0.2, 0) is 4.79 Å². The highest BCUT2D eigenvalue weighted by molar-refractivity contribution is 5.87. The molecule has 3 nitrogen and oxygen atoms in total. The first kappa shape index (κ1) is 9.65. The SMILES string of the molecule is Cc1cc(C)c2cc(NC=O)ccc2n1. The van der Waals surface area contributed by atoms with Crippen LogP contribution in [0.2, 0.25) is 0 Å². The lowest BCUT2D eigenvalue weighted by Gasteiger charge is -2.05. The molecule has 0 atom stereocenters. The zero-order valence-corrected chi connectivity index (χ0v) is 8.74. The summed E-state index contributed by atoms with van der Waals surface area (Å²) >= 11 is 0. The van der Waals surface area contributed by atoms with E-state index >= 15 is 0 Å². The Morgan fingerprint density at radius 1 is 1.27 bits per heavy atom. The molecule has 2 aromatic rings. The maximum atomic E-state index is 10.3. The summed E-state index contributed by atoms with van der Waals surface area (Å²) in [6, 6.07) is 7.74. The molecule has 0 aliphatic carbocycles. The maximum absolute atomic E-state index is 10.3. The number of carbonyl (C=O) groups is 1. The normalized spacial score (nSPS) is 10.3. The van der Waals surface area contributed by atoms with E-state index in [9.17, 15) is 4.79 Å². The third kappa shape index (κ3) is 1.81. The molecule has 0 saturated carbocycles. The van der Waals surface area contributed by atoms with Crippen molar-refractivity contribution in [1.29, 1.82) is 0 Å². The molecule has 0 spiro atoms. The summed E-state index contributed by atoms with van der Waals surface area (Å²) in [5.74, 6) is 0. The first-order chi connectivity index (χ1) is 7.20. The van der Waals surface area contributed by atoms with Crippen molar-refractivity contribution in [2.45, 2.75) is 13.8 Å². The van der Waals surface area contributed by atoms with E-state index < -0.39 is 0 Å². The molecule has 15 heavy (non-hydrogen) atoms. The summed E-state index contributed by atoms with van der Waals surface area (Å²) in [5.41, 5.74) is 3.94. The van der Waals surface area contributed by atoms with Gasteiger partial charge in [0.25, 0.3) is 0 Å². The van der Waals surface area contributed by atoms with Crippen molar-refractivity contribution in [3.8, 4) is 0 Å². The molecule has 0 aliphatic heterocycles. The standard InChI is InChI=1S/C12H12N2O/c1-8-5-9(2)14-12-4-3-10(13-7-15)6-11(8)12/h3-7H,1-2H3,(H,13,15). The number of nitrogens with one attached hydrogen (secondary N) is 1. The van der Waals surface area contributed by atoms with E-state index in [-0.39, 0.29) is 0 Å². The number of aromatic nitrogens is 1. The number of rotatable bonds is 2. The number of carbonyl (C=O) groups excluding carboxylic acids is 1. The minimum Gasteiger partial charge on any atom is -0.329 e. The summed E-state index contributed by atoms with van der Waals surface area (Å²) in [6.45, 7) is 4.02. The van der Waals surface area contributed by atoms with E-state index in [4.69, 9.17) is 0 Å². The number of benzene rings is 1. The van der Waals surface area contributed by atoms with Crippen LogP contribution < -0.4 is 5.32 Å². The van der Waals surface area contributed by atoms with Crippen molar-refractivity contribution in [3.05, 3.63) is 35.5 Å². The Labute approximate surface area is 88.1 Å². The Balaban J connectivity index is 2.65. The van der Waals surface area contributed by atoms with E-state index in [1.54, 1.807) is 0 Å². The van der Waals surface area contributed by atoms with Gasteiger partial charge in [-0.15, -0.1) is 0 Å². The van der Waals surface area contributed by atoms with E-state index in [0.29, 0.717) is 6.41 Å². The second-order valence-electron chi connectivity index (χ2n) is 3.57. The van der Waals surface area contributed by atoms with Crippen LogP contribution in [0.3, 0.4) is 0 Å². The molecule has 0 aliphatic rings. The Morgan fingerprint density at radius 2 is 2.07 bits per heavy atom. The van der Waals surface area contributed by atoms with Crippen LogP contribution in [0.4, 0.5) is 5.69 Å². The number of anilines is 1. The molecule has 0 unspecified atom stereocenters. The molecule has 1 aromatic heterocycles. The topological polar surface area (TPSA) is 42.0 Å². The molecule has 1 heterocycles. The molecular formula is C12H12N2O. The smallest absolute Gasteiger partial charge is 0.211 e. The average Bonchev–Trinajstić information content (AvgIpc) is 2.19. The second kappa shape index (κ2) is 3.69. The molecule has 2 rings (SSSR count). The molecule has 3 heteroatoms. The number of pyridine rings is 1. The quantitative estimate of drug-likeness (QED) is 0.756. The molecule has 1 amide bonds. The van der Waals surface area contributed by atoms with Crippen molar-refractivity contribution in [2.24, 2.45) is 0 Å². The van der Waals surface area contributed by atoms with E-state index in [2.05, 4.69) is 10.3 Å². The molecule has 0 fully saturated rings. The highest BCUT2D eigenvalue weighted by atomic mass is 16.1. The van der Waals surface area contributed by atoms with Gasteiger partial charge in [0.1, 0.15) is 0 Å². The van der Waals surface area contributed by atoms with Crippen LogP contribution in [0, 0.1) is 13.8 Å². The van der Waals surface area contributed by atoms with Gasteiger partial charge in [-0.2, -0.15) is 0 Å². The number of nitrogens with zero attached hydrogens (tertiary/aromatic N) is 1. The fourth-order valence-corrected chi connectivity index (χ4v) is 1.72. The van der Waals surface area contributed by atoms with Crippen molar-refractivity contribution < 1.29 is 4.79 Å². The molecule has 1 N–H and O–H groups in total. The van der Waals surface area contributed by atoms with Crippen molar-refractivity contribution >= 4 is 23.0 Å². The van der Waals surface area contributed by atoms with Gasteiger partial charge in [0.2, 0.25) is 6.41 Å². The Kier molecular flexibility index (Phi) is 2.37. The lowest BCUT2D eigenvalue weighted by Crippen LogP contribution is -1.94.